The SMILES string of the molecule is Cc1onc(-c2ccccc2)c1C(=O)OCC(=O)NCCSc1ccccc1. The van der Waals surface area contributed by atoms with Gasteiger partial charge in [-0.05, 0) is 19.1 Å². The van der Waals surface area contributed by atoms with Crippen molar-refractivity contribution in [3.63, 3.8) is 0 Å². The highest BCUT2D eigenvalue weighted by molar-refractivity contribution is 7.99. The Morgan fingerprint density at radius 1 is 1.07 bits per heavy atom. The summed E-state index contributed by atoms with van der Waals surface area (Å²) < 4.78 is 10.3. The lowest BCUT2D eigenvalue weighted by Crippen LogP contribution is -2.30. The van der Waals surface area contributed by atoms with Crippen molar-refractivity contribution in [2.45, 2.75) is 11.8 Å². The van der Waals surface area contributed by atoms with Crippen LogP contribution in [0.25, 0.3) is 11.3 Å². The summed E-state index contributed by atoms with van der Waals surface area (Å²) in [4.78, 5) is 25.5. The topological polar surface area (TPSA) is 81.4 Å². The molecule has 0 atom stereocenters. The van der Waals surface area contributed by atoms with Gasteiger partial charge in [0, 0.05) is 22.8 Å². The van der Waals surface area contributed by atoms with Gasteiger partial charge in [-0.3, -0.25) is 4.79 Å². The molecule has 0 bridgehead atoms. The van der Waals surface area contributed by atoms with Crippen molar-refractivity contribution in [3.05, 3.63) is 72.0 Å². The highest BCUT2D eigenvalue weighted by Crippen LogP contribution is 2.25. The normalized spacial score (nSPS) is 10.5. The second-order valence-corrected chi connectivity index (χ2v) is 7.08. The van der Waals surface area contributed by atoms with Crippen LogP contribution in [0, 0.1) is 6.92 Å². The molecule has 1 N–H and O–H groups in total. The number of ether oxygens (including phenoxy) is 1. The lowest BCUT2D eigenvalue weighted by atomic mass is 10.1. The zero-order valence-corrected chi connectivity index (χ0v) is 16.2. The maximum atomic E-state index is 12.4. The van der Waals surface area contributed by atoms with Gasteiger partial charge in [-0.25, -0.2) is 4.79 Å². The van der Waals surface area contributed by atoms with Crippen molar-refractivity contribution in [1.29, 1.82) is 0 Å². The first kappa shape index (κ1) is 19.7. The number of carbonyl (C=O) groups is 2. The minimum absolute atomic E-state index is 0.235. The second kappa shape index (κ2) is 9.75. The third-order valence-electron chi connectivity index (χ3n) is 3.88. The fraction of sp³-hybridized carbons (Fsp3) is 0.190. The van der Waals surface area contributed by atoms with Gasteiger partial charge in [0.2, 0.25) is 0 Å². The number of benzene rings is 2. The largest absolute Gasteiger partial charge is 0.452 e. The molecule has 0 aliphatic rings. The van der Waals surface area contributed by atoms with E-state index < -0.39 is 5.97 Å². The molecule has 0 unspecified atom stereocenters. The predicted octanol–water partition coefficient (Wildman–Crippen LogP) is 3.72. The monoisotopic (exact) mass is 396 g/mol. The van der Waals surface area contributed by atoms with Crippen molar-refractivity contribution in [2.75, 3.05) is 18.9 Å². The molecule has 6 nitrogen and oxygen atoms in total. The van der Waals surface area contributed by atoms with Crippen LogP contribution in [0.15, 0.2) is 70.1 Å². The maximum Gasteiger partial charge on any atom is 0.344 e. The van der Waals surface area contributed by atoms with Crippen LogP contribution in [0.1, 0.15) is 16.1 Å². The number of hydrogen-bond acceptors (Lipinski definition) is 6. The third kappa shape index (κ3) is 5.23. The average molecular weight is 396 g/mol. The Labute approximate surface area is 167 Å². The van der Waals surface area contributed by atoms with Crippen LogP contribution in [0.2, 0.25) is 0 Å². The zero-order valence-electron chi connectivity index (χ0n) is 15.4. The molecule has 3 aromatic rings. The van der Waals surface area contributed by atoms with Crippen LogP contribution in [-0.2, 0) is 9.53 Å². The van der Waals surface area contributed by atoms with Crippen molar-refractivity contribution in [2.24, 2.45) is 0 Å². The summed E-state index contributed by atoms with van der Waals surface area (Å²) in [5, 5.41) is 6.68. The van der Waals surface area contributed by atoms with Crippen LogP contribution >= 0.6 is 11.8 Å². The summed E-state index contributed by atoms with van der Waals surface area (Å²) in [6, 6.07) is 19.1. The number of hydrogen-bond donors (Lipinski definition) is 1. The number of rotatable bonds is 8. The molecule has 1 aromatic heterocycles. The fourth-order valence-electron chi connectivity index (χ4n) is 2.54. The van der Waals surface area contributed by atoms with E-state index in [4.69, 9.17) is 9.26 Å². The van der Waals surface area contributed by atoms with Crippen LogP contribution in [0.4, 0.5) is 0 Å². The van der Waals surface area contributed by atoms with Gasteiger partial charge in [-0.2, -0.15) is 0 Å². The van der Waals surface area contributed by atoms with E-state index in [1.807, 2.05) is 60.7 Å². The molecule has 144 valence electrons. The van der Waals surface area contributed by atoms with Crippen LogP contribution in [0.5, 0.6) is 0 Å². The number of aryl methyl sites for hydroxylation is 1. The molecule has 0 aliphatic carbocycles. The van der Waals surface area contributed by atoms with Gasteiger partial charge in [-0.15, -0.1) is 11.8 Å². The Hall–Kier alpha value is -3.06. The van der Waals surface area contributed by atoms with E-state index in [-0.39, 0.29) is 18.1 Å². The van der Waals surface area contributed by atoms with Gasteiger partial charge in [0.1, 0.15) is 17.0 Å². The van der Waals surface area contributed by atoms with Gasteiger partial charge in [0.25, 0.3) is 5.91 Å². The standard InChI is InChI=1S/C21H20N2O4S/c1-15-19(20(23-27-15)16-8-4-2-5-9-16)21(25)26-14-18(24)22-12-13-28-17-10-6-3-7-11-17/h2-11H,12-14H2,1H3,(H,22,24). The molecule has 0 saturated heterocycles. The molecule has 3 rings (SSSR count). The molecule has 28 heavy (non-hydrogen) atoms. The number of esters is 1. The predicted molar refractivity (Wildman–Crippen MR) is 107 cm³/mol. The Morgan fingerprint density at radius 2 is 1.75 bits per heavy atom. The molecule has 2 aromatic carbocycles. The second-order valence-electron chi connectivity index (χ2n) is 5.92. The van der Waals surface area contributed by atoms with Gasteiger partial charge >= 0.3 is 5.97 Å². The van der Waals surface area contributed by atoms with Crippen molar-refractivity contribution < 1.29 is 18.8 Å². The van der Waals surface area contributed by atoms with E-state index in [9.17, 15) is 9.59 Å². The van der Waals surface area contributed by atoms with E-state index >= 15 is 0 Å². The average Bonchev–Trinajstić information content (AvgIpc) is 3.12. The van der Waals surface area contributed by atoms with E-state index in [0.29, 0.717) is 18.0 Å². The number of aromatic nitrogens is 1. The molecule has 0 aliphatic heterocycles. The number of thioether (sulfide) groups is 1. The number of amides is 1. The Morgan fingerprint density at radius 3 is 2.46 bits per heavy atom. The van der Waals surface area contributed by atoms with Crippen molar-refractivity contribution in [3.8, 4) is 11.3 Å². The molecule has 0 saturated carbocycles. The minimum atomic E-state index is -0.633. The van der Waals surface area contributed by atoms with Crippen LogP contribution in [0.3, 0.4) is 0 Å². The first-order valence-corrected chi connectivity index (χ1v) is 9.77. The lowest BCUT2D eigenvalue weighted by molar-refractivity contribution is -0.124. The number of nitrogens with zero attached hydrogens (tertiary/aromatic N) is 1. The summed E-state index contributed by atoms with van der Waals surface area (Å²) >= 11 is 1.64. The van der Waals surface area contributed by atoms with Crippen molar-refractivity contribution >= 4 is 23.6 Å². The summed E-state index contributed by atoms with van der Waals surface area (Å²) in [6.07, 6.45) is 0. The molecular formula is C21H20N2O4S. The van der Waals surface area contributed by atoms with Gasteiger partial charge in [-0.1, -0.05) is 53.7 Å². The summed E-state index contributed by atoms with van der Waals surface area (Å²) in [6.45, 7) is 1.77. The first-order valence-electron chi connectivity index (χ1n) is 8.78. The molecular weight excluding hydrogens is 376 g/mol. The van der Waals surface area contributed by atoms with E-state index in [1.54, 1.807) is 18.7 Å². The molecule has 0 spiro atoms. The first-order chi connectivity index (χ1) is 13.6. The molecule has 1 heterocycles. The smallest absolute Gasteiger partial charge is 0.344 e. The molecule has 1 amide bonds. The van der Waals surface area contributed by atoms with Gasteiger partial charge in [0.15, 0.2) is 6.61 Å². The molecule has 7 heteroatoms. The summed E-state index contributed by atoms with van der Waals surface area (Å²) in [5.74, 6) is 0.0967. The molecule has 0 radical (unpaired) electrons. The van der Waals surface area contributed by atoms with Crippen LogP contribution in [-0.4, -0.2) is 35.9 Å². The van der Waals surface area contributed by atoms with Gasteiger partial charge in [0.05, 0.1) is 0 Å². The van der Waals surface area contributed by atoms with Gasteiger partial charge < -0.3 is 14.6 Å². The lowest BCUT2D eigenvalue weighted by Gasteiger charge is -2.07. The quantitative estimate of drug-likeness (QED) is 0.355. The fourth-order valence-corrected chi connectivity index (χ4v) is 3.33. The number of nitrogens with one attached hydrogen (secondary N) is 1. The summed E-state index contributed by atoms with van der Waals surface area (Å²) in [5.41, 5.74) is 1.38. The highest BCUT2D eigenvalue weighted by atomic mass is 32.2. The third-order valence-corrected chi connectivity index (χ3v) is 4.90. The van der Waals surface area contributed by atoms with E-state index in [0.717, 1.165) is 16.2 Å². The zero-order chi connectivity index (χ0) is 19.8. The Kier molecular flexibility index (Phi) is 6.86. The van der Waals surface area contributed by atoms with E-state index in [1.165, 1.54) is 0 Å². The van der Waals surface area contributed by atoms with Crippen LogP contribution < -0.4 is 5.32 Å². The minimum Gasteiger partial charge on any atom is -0.452 e. The summed E-state index contributed by atoms with van der Waals surface area (Å²) in [7, 11) is 0. The van der Waals surface area contributed by atoms with Crippen molar-refractivity contribution in [1.82, 2.24) is 10.5 Å². The Balaban J connectivity index is 1.48. The Bertz CT molecular complexity index is 926. The van der Waals surface area contributed by atoms with E-state index in [2.05, 4.69) is 10.5 Å². The molecule has 0 fully saturated rings. The number of carbonyl (C=O) groups excluding carboxylic acids is 2. The maximum absolute atomic E-state index is 12.4. The highest BCUT2D eigenvalue weighted by Gasteiger charge is 2.23.